The number of ether oxygens (including phenoxy) is 1. The molecule has 0 radical (unpaired) electrons. The lowest BCUT2D eigenvalue weighted by Crippen LogP contribution is -2.41. The SMILES string of the molecule is COc1cc(C)c([C@H](C)NC(=O)CN(c2ccc(F)cc2)S(C)(=O)=O)cc1C(C)C. The molecule has 0 spiro atoms. The van der Waals surface area contributed by atoms with Crippen LogP contribution in [0, 0.1) is 12.7 Å². The predicted molar refractivity (Wildman–Crippen MR) is 117 cm³/mol. The minimum Gasteiger partial charge on any atom is -0.496 e. The molecule has 164 valence electrons. The molecule has 0 bridgehead atoms. The van der Waals surface area contributed by atoms with Gasteiger partial charge in [-0.3, -0.25) is 9.10 Å². The molecule has 0 unspecified atom stereocenters. The Morgan fingerprint density at radius 1 is 1.13 bits per heavy atom. The number of rotatable bonds is 8. The number of amides is 1. The number of anilines is 1. The van der Waals surface area contributed by atoms with E-state index in [0.29, 0.717) is 0 Å². The number of methoxy groups -OCH3 is 1. The summed E-state index contributed by atoms with van der Waals surface area (Å²) < 4.78 is 44.0. The van der Waals surface area contributed by atoms with Gasteiger partial charge in [0.1, 0.15) is 18.1 Å². The molecule has 0 fully saturated rings. The molecular weight excluding hydrogens is 407 g/mol. The zero-order chi connectivity index (χ0) is 22.6. The molecule has 6 nitrogen and oxygen atoms in total. The maximum absolute atomic E-state index is 13.2. The van der Waals surface area contributed by atoms with Crippen LogP contribution in [0.2, 0.25) is 0 Å². The summed E-state index contributed by atoms with van der Waals surface area (Å²) in [6, 6.07) is 8.58. The zero-order valence-corrected chi connectivity index (χ0v) is 19.0. The van der Waals surface area contributed by atoms with Gasteiger partial charge < -0.3 is 10.1 Å². The number of hydrogen-bond acceptors (Lipinski definition) is 4. The minimum absolute atomic E-state index is 0.226. The van der Waals surface area contributed by atoms with Crippen molar-refractivity contribution in [1.29, 1.82) is 0 Å². The Labute approximate surface area is 178 Å². The van der Waals surface area contributed by atoms with Crippen LogP contribution in [0.4, 0.5) is 10.1 Å². The molecule has 8 heteroatoms. The van der Waals surface area contributed by atoms with Crippen LogP contribution in [0.3, 0.4) is 0 Å². The Morgan fingerprint density at radius 2 is 1.73 bits per heavy atom. The van der Waals surface area contributed by atoms with Crippen molar-refractivity contribution >= 4 is 21.6 Å². The highest BCUT2D eigenvalue weighted by Crippen LogP contribution is 2.32. The van der Waals surface area contributed by atoms with Crippen LogP contribution in [0.15, 0.2) is 36.4 Å². The van der Waals surface area contributed by atoms with E-state index >= 15 is 0 Å². The number of hydrogen-bond donors (Lipinski definition) is 1. The fraction of sp³-hybridized carbons (Fsp3) is 0.409. The van der Waals surface area contributed by atoms with Crippen molar-refractivity contribution in [3.05, 3.63) is 58.9 Å². The molecule has 0 aromatic heterocycles. The third-order valence-corrected chi connectivity index (χ3v) is 6.03. The lowest BCUT2D eigenvalue weighted by molar-refractivity contribution is -0.120. The van der Waals surface area contributed by atoms with E-state index in [-0.39, 0.29) is 17.6 Å². The first kappa shape index (κ1) is 23.7. The maximum atomic E-state index is 13.2. The monoisotopic (exact) mass is 436 g/mol. The Hall–Kier alpha value is -2.61. The Bertz CT molecular complexity index is 1000. The number of halogens is 1. The van der Waals surface area contributed by atoms with Crippen LogP contribution in [0.25, 0.3) is 0 Å². The van der Waals surface area contributed by atoms with Crippen molar-refractivity contribution in [2.24, 2.45) is 0 Å². The fourth-order valence-corrected chi connectivity index (χ4v) is 4.17. The van der Waals surface area contributed by atoms with Crippen LogP contribution in [0.5, 0.6) is 5.75 Å². The van der Waals surface area contributed by atoms with E-state index in [1.54, 1.807) is 7.11 Å². The molecule has 0 saturated heterocycles. The van der Waals surface area contributed by atoms with Gasteiger partial charge in [-0.1, -0.05) is 13.8 Å². The molecule has 0 aliphatic carbocycles. The smallest absolute Gasteiger partial charge is 0.241 e. The van der Waals surface area contributed by atoms with E-state index in [1.807, 2.05) is 26.0 Å². The van der Waals surface area contributed by atoms with Gasteiger partial charge in [-0.25, -0.2) is 12.8 Å². The Morgan fingerprint density at radius 3 is 2.23 bits per heavy atom. The van der Waals surface area contributed by atoms with Crippen LogP contribution >= 0.6 is 0 Å². The quantitative estimate of drug-likeness (QED) is 0.681. The van der Waals surface area contributed by atoms with Crippen molar-refractivity contribution in [3.8, 4) is 5.75 Å². The van der Waals surface area contributed by atoms with E-state index in [4.69, 9.17) is 4.74 Å². The average Bonchev–Trinajstić information content (AvgIpc) is 2.65. The fourth-order valence-electron chi connectivity index (χ4n) is 3.31. The highest BCUT2D eigenvalue weighted by atomic mass is 32.2. The first-order valence-electron chi connectivity index (χ1n) is 9.65. The second-order valence-electron chi connectivity index (χ2n) is 7.64. The summed E-state index contributed by atoms with van der Waals surface area (Å²) >= 11 is 0. The van der Waals surface area contributed by atoms with Crippen LogP contribution in [-0.2, 0) is 14.8 Å². The first-order chi connectivity index (χ1) is 13.9. The zero-order valence-electron chi connectivity index (χ0n) is 18.2. The number of aryl methyl sites for hydroxylation is 1. The summed E-state index contributed by atoms with van der Waals surface area (Å²) in [6.07, 6.45) is 1.01. The van der Waals surface area contributed by atoms with Gasteiger partial charge in [-0.05, 0) is 72.9 Å². The van der Waals surface area contributed by atoms with Crippen molar-refractivity contribution in [1.82, 2.24) is 5.32 Å². The van der Waals surface area contributed by atoms with E-state index in [2.05, 4.69) is 19.2 Å². The number of sulfonamides is 1. The van der Waals surface area contributed by atoms with Gasteiger partial charge >= 0.3 is 0 Å². The van der Waals surface area contributed by atoms with Crippen LogP contribution < -0.4 is 14.4 Å². The molecule has 2 rings (SSSR count). The number of benzene rings is 2. The summed E-state index contributed by atoms with van der Waals surface area (Å²) in [7, 11) is -2.10. The van der Waals surface area contributed by atoms with Gasteiger partial charge in [0, 0.05) is 0 Å². The second kappa shape index (κ2) is 9.47. The summed E-state index contributed by atoms with van der Waals surface area (Å²) in [6.45, 7) is 7.51. The van der Waals surface area contributed by atoms with E-state index in [1.165, 1.54) is 12.1 Å². The minimum atomic E-state index is -3.73. The number of nitrogens with zero attached hydrogens (tertiary/aromatic N) is 1. The Kier molecular flexibility index (Phi) is 7.47. The van der Waals surface area contributed by atoms with Gasteiger partial charge in [0.15, 0.2) is 0 Å². The molecule has 30 heavy (non-hydrogen) atoms. The molecule has 0 aliphatic heterocycles. The highest BCUT2D eigenvalue weighted by Gasteiger charge is 2.23. The molecule has 1 atom stereocenters. The summed E-state index contributed by atoms with van der Waals surface area (Å²) in [4.78, 5) is 12.7. The molecule has 0 aliphatic rings. The molecule has 0 heterocycles. The van der Waals surface area contributed by atoms with Gasteiger partial charge in [-0.2, -0.15) is 0 Å². The normalized spacial score (nSPS) is 12.5. The summed E-state index contributed by atoms with van der Waals surface area (Å²) in [5.41, 5.74) is 3.15. The van der Waals surface area contributed by atoms with Gasteiger partial charge in [0.2, 0.25) is 15.9 Å². The summed E-state index contributed by atoms with van der Waals surface area (Å²) in [5, 5.41) is 2.86. The molecule has 1 N–H and O–H groups in total. The number of nitrogens with one attached hydrogen (secondary N) is 1. The van der Waals surface area contributed by atoms with E-state index in [9.17, 15) is 17.6 Å². The average molecular weight is 437 g/mol. The van der Waals surface area contributed by atoms with Crippen molar-refractivity contribution in [2.45, 2.75) is 39.7 Å². The summed E-state index contributed by atoms with van der Waals surface area (Å²) in [5.74, 6) is 0.0884. The highest BCUT2D eigenvalue weighted by molar-refractivity contribution is 7.92. The van der Waals surface area contributed by atoms with E-state index < -0.39 is 28.3 Å². The van der Waals surface area contributed by atoms with Crippen molar-refractivity contribution in [3.63, 3.8) is 0 Å². The molecular formula is C22H29FN2O4S. The van der Waals surface area contributed by atoms with Crippen molar-refractivity contribution < 1.29 is 22.3 Å². The van der Waals surface area contributed by atoms with Gasteiger partial charge in [-0.15, -0.1) is 0 Å². The third kappa shape index (κ3) is 5.72. The van der Waals surface area contributed by atoms with Gasteiger partial charge in [0.25, 0.3) is 0 Å². The molecule has 2 aromatic rings. The van der Waals surface area contributed by atoms with E-state index in [0.717, 1.165) is 45.1 Å². The van der Waals surface area contributed by atoms with Crippen LogP contribution in [-0.4, -0.2) is 34.2 Å². The molecule has 1 amide bonds. The van der Waals surface area contributed by atoms with Gasteiger partial charge in [0.05, 0.1) is 25.1 Å². The van der Waals surface area contributed by atoms with Crippen LogP contribution in [0.1, 0.15) is 49.4 Å². The lowest BCUT2D eigenvalue weighted by atomic mass is 9.93. The predicted octanol–water partition coefficient (Wildman–Crippen LogP) is 3.91. The lowest BCUT2D eigenvalue weighted by Gasteiger charge is -2.24. The molecule has 2 aromatic carbocycles. The Balaban J connectivity index is 2.24. The number of carbonyl (C=O) groups is 1. The molecule has 0 saturated carbocycles. The maximum Gasteiger partial charge on any atom is 0.241 e. The second-order valence-corrected chi connectivity index (χ2v) is 9.55. The standard InChI is InChI=1S/C22H29FN2O4S/c1-14(2)19-12-20(15(3)11-21(19)29-5)16(4)24-22(26)13-25(30(6,27)28)18-9-7-17(23)8-10-18/h7-12,14,16H,13H2,1-6H3,(H,24,26)/t16-/m0/s1. The third-order valence-electron chi connectivity index (χ3n) is 4.89. The van der Waals surface area contributed by atoms with Crippen molar-refractivity contribution in [2.75, 3.05) is 24.2 Å². The topological polar surface area (TPSA) is 75.7 Å². The first-order valence-corrected chi connectivity index (χ1v) is 11.5. The largest absolute Gasteiger partial charge is 0.496 e. The number of carbonyl (C=O) groups excluding carboxylic acids is 1.